The molecule has 0 radical (unpaired) electrons. The second-order valence-electron chi connectivity index (χ2n) is 21.6. The normalized spacial score (nSPS) is 14.1. The first-order valence-corrected chi connectivity index (χ1v) is 30.9. The molecular weight excluding hydrogens is 1140 g/mol. The number of carbonyl (C=O) groups excluding carboxylic acids is 8. The summed E-state index contributed by atoms with van der Waals surface area (Å²) < 4.78 is 0. The zero-order valence-electron chi connectivity index (χ0n) is 51.4. The van der Waals surface area contributed by atoms with Crippen molar-refractivity contribution in [3.05, 3.63) is 0 Å². The maximum atomic E-state index is 14.6. The SMILES string of the molecule is N=C(N)NCCC[C@H](NC(=O)[C@H](CCCCN)NC(=O)[C@H](CCCCN)NC(=O)[C@H](CCCNC(=N)N)NC(=O)[C@H](CCCCN)NC(=O)[C@H](CCCCN)NC(=O)[C@H](CCCNC(=N)N)NC(=O)[C@@H](N)CCCCN)C(=O)N[C@@H](CCCCN)C(=O)O. The highest BCUT2D eigenvalue weighted by atomic mass is 16.4. The van der Waals surface area contributed by atoms with Crippen LogP contribution in [0, 0.1) is 16.2 Å². The van der Waals surface area contributed by atoms with Crippen molar-refractivity contribution in [3.63, 3.8) is 0 Å². The minimum Gasteiger partial charge on any atom is -0.480 e. The predicted molar refractivity (Wildman–Crippen MR) is 336 cm³/mol. The third kappa shape index (κ3) is 38.1. The maximum Gasteiger partial charge on any atom is 0.326 e. The van der Waals surface area contributed by atoms with Gasteiger partial charge in [0, 0.05) is 19.6 Å². The largest absolute Gasteiger partial charge is 0.480 e. The van der Waals surface area contributed by atoms with Gasteiger partial charge in [-0.05, 0) is 187 Å². The molecule has 34 nitrogen and oxygen atoms in total. The smallest absolute Gasteiger partial charge is 0.326 e. The number of amides is 8. The summed E-state index contributed by atoms with van der Waals surface area (Å²) in [5, 5.41) is 62.0. The van der Waals surface area contributed by atoms with Crippen molar-refractivity contribution in [2.75, 3.05) is 58.9 Å². The van der Waals surface area contributed by atoms with E-state index in [0.717, 1.165) is 0 Å². The summed E-state index contributed by atoms with van der Waals surface area (Å²) in [6, 6.07) is -11.4. The molecule has 0 aromatic rings. The number of carboxylic acid groups (broad SMARTS) is 1. The van der Waals surface area contributed by atoms with E-state index in [1.54, 1.807) is 0 Å². The van der Waals surface area contributed by atoms with Crippen LogP contribution in [0.3, 0.4) is 0 Å². The van der Waals surface area contributed by atoms with Crippen LogP contribution in [-0.2, 0) is 43.2 Å². The number of nitrogens with one attached hydrogen (secondary N) is 14. The first kappa shape index (κ1) is 80.8. The van der Waals surface area contributed by atoms with Gasteiger partial charge in [-0.3, -0.25) is 54.6 Å². The molecule has 0 spiro atoms. The number of hydrogen-bond acceptors (Lipinski definition) is 19. The molecule has 0 aromatic carbocycles. The maximum absolute atomic E-state index is 14.6. The number of unbranched alkanes of at least 4 members (excludes halogenated alkanes) is 6. The number of carbonyl (C=O) groups is 9. The van der Waals surface area contributed by atoms with Gasteiger partial charge >= 0.3 is 5.97 Å². The number of carboxylic acids is 1. The second kappa shape index (κ2) is 49.7. The molecule has 0 saturated carbocycles. The molecule has 0 saturated heterocycles. The molecule has 0 aliphatic heterocycles. The average molecular weight is 1260 g/mol. The van der Waals surface area contributed by atoms with Crippen molar-refractivity contribution in [2.24, 2.45) is 57.3 Å². The molecule has 0 rings (SSSR count). The molecule has 0 unspecified atom stereocenters. The first-order chi connectivity index (χ1) is 42.0. The molecule has 506 valence electrons. The quantitative estimate of drug-likeness (QED) is 0.0153. The Morgan fingerprint density at radius 1 is 0.284 bits per heavy atom. The first-order valence-electron chi connectivity index (χ1n) is 30.9. The van der Waals surface area contributed by atoms with Crippen molar-refractivity contribution in [2.45, 2.75) is 208 Å². The Hall–Kier alpha value is -7.24. The molecule has 9 atom stereocenters. The number of hydrogen-bond donors (Lipinski definition) is 25. The minimum atomic E-state index is -1.39. The van der Waals surface area contributed by atoms with Crippen LogP contribution in [0.25, 0.3) is 0 Å². The van der Waals surface area contributed by atoms with Crippen LogP contribution in [0.2, 0.25) is 0 Å². The summed E-state index contributed by atoms with van der Waals surface area (Å²) in [6.45, 7) is 2.08. The molecule has 0 aliphatic rings. The molecule has 8 amide bonds. The second-order valence-corrected chi connectivity index (χ2v) is 21.6. The standard InChI is InChI=1S/C54H110N24O10/c55-25-7-1-16-34(61)43(79)71-39(22-13-31-68-52(62)63)48(84)74-35(17-2-8-26-56)44(80)72-37(19-4-10-28-58)46(82)76-40(23-14-32-69-53(64)65)49(85)75-36(18-3-9-27-57)45(81)73-38(20-5-11-29-59)47(83)77-41(24-15-33-70-54(66)67)50(86)78-42(51(87)88)21-6-12-30-60/h34-42H,1-33,55-61H2,(H,71,79)(H,72,80)(H,73,81)(H,74,84)(H,75,85)(H,76,82)(H,77,83)(H,78,86)(H,87,88)(H4,62,63,68)(H4,64,65,69)(H4,66,67,70)/t34-,35-,36-,37-,38-,39-,40-,41-,42-/m0/s1. The van der Waals surface area contributed by atoms with Crippen molar-refractivity contribution in [1.82, 2.24) is 58.5 Å². The fourth-order valence-corrected chi connectivity index (χ4v) is 9.02. The van der Waals surface area contributed by atoms with Gasteiger partial charge in [-0.15, -0.1) is 0 Å². The van der Waals surface area contributed by atoms with Gasteiger partial charge in [0.2, 0.25) is 47.3 Å². The van der Waals surface area contributed by atoms with E-state index in [2.05, 4.69) is 58.5 Å². The van der Waals surface area contributed by atoms with Crippen LogP contribution < -0.4 is 116 Å². The van der Waals surface area contributed by atoms with Gasteiger partial charge in [0.1, 0.15) is 48.3 Å². The van der Waals surface area contributed by atoms with Crippen LogP contribution in [-0.4, -0.2) is 189 Å². The van der Waals surface area contributed by atoms with Gasteiger partial charge in [-0.25, -0.2) is 4.79 Å². The minimum absolute atomic E-state index is 0.00383. The zero-order valence-corrected chi connectivity index (χ0v) is 51.4. The highest BCUT2D eigenvalue weighted by Gasteiger charge is 2.35. The average Bonchev–Trinajstić information content (AvgIpc) is 3.61. The van der Waals surface area contributed by atoms with Gasteiger partial charge in [-0.2, -0.15) is 0 Å². The van der Waals surface area contributed by atoms with Crippen molar-refractivity contribution in [1.29, 1.82) is 16.2 Å². The van der Waals surface area contributed by atoms with Crippen LogP contribution in [0.1, 0.15) is 154 Å². The van der Waals surface area contributed by atoms with Gasteiger partial charge in [0.15, 0.2) is 17.9 Å². The summed E-state index contributed by atoms with van der Waals surface area (Å²) in [5.74, 6) is -8.48. The summed E-state index contributed by atoms with van der Waals surface area (Å²) in [4.78, 5) is 126. The van der Waals surface area contributed by atoms with E-state index in [0.29, 0.717) is 96.6 Å². The van der Waals surface area contributed by atoms with E-state index >= 15 is 0 Å². The monoisotopic (exact) mass is 1250 g/mol. The van der Waals surface area contributed by atoms with E-state index in [1.807, 2.05) is 0 Å². The molecule has 0 heterocycles. The lowest BCUT2D eigenvalue weighted by atomic mass is 10.0. The Morgan fingerprint density at radius 2 is 0.466 bits per heavy atom. The number of nitrogens with two attached hydrogens (primary N) is 10. The summed E-state index contributed by atoms with van der Waals surface area (Å²) >= 11 is 0. The van der Waals surface area contributed by atoms with E-state index in [-0.39, 0.29) is 134 Å². The Bertz CT molecular complexity index is 2110. The molecule has 88 heavy (non-hydrogen) atoms. The van der Waals surface area contributed by atoms with E-state index in [9.17, 15) is 48.3 Å². The molecule has 0 fully saturated rings. The van der Waals surface area contributed by atoms with Crippen molar-refractivity contribution >= 4 is 71.1 Å². The van der Waals surface area contributed by atoms with Crippen molar-refractivity contribution < 1.29 is 48.3 Å². The third-order valence-corrected chi connectivity index (χ3v) is 14.0. The Labute approximate surface area is 517 Å². The lowest BCUT2D eigenvalue weighted by Gasteiger charge is -2.28. The highest BCUT2D eigenvalue weighted by Crippen LogP contribution is 2.13. The molecule has 34 heteroatoms. The predicted octanol–water partition coefficient (Wildman–Crippen LogP) is -6.16. The zero-order chi connectivity index (χ0) is 66.2. The molecule has 0 aliphatic carbocycles. The van der Waals surface area contributed by atoms with E-state index in [4.69, 9.17) is 73.6 Å². The van der Waals surface area contributed by atoms with Gasteiger partial charge in [0.25, 0.3) is 0 Å². The highest BCUT2D eigenvalue weighted by molar-refractivity contribution is 5.98. The van der Waals surface area contributed by atoms with Crippen molar-refractivity contribution in [3.8, 4) is 0 Å². The molecule has 0 bridgehead atoms. The lowest BCUT2D eigenvalue weighted by molar-refractivity contribution is -0.142. The lowest BCUT2D eigenvalue weighted by Crippen LogP contribution is -2.60. The van der Waals surface area contributed by atoms with Gasteiger partial charge < -0.3 is 121 Å². The topological polar surface area (TPSA) is 638 Å². The van der Waals surface area contributed by atoms with Gasteiger partial charge in [0.05, 0.1) is 6.04 Å². The molecule has 35 N–H and O–H groups in total. The van der Waals surface area contributed by atoms with Crippen LogP contribution in [0.5, 0.6) is 0 Å². The Morgan fingerprint density at radius 3 is 0.670 bits per heavy atom. The van der Waals surface area contributed by atoms with Crippen LogP contribution >= 0.6 is 0 Å². The fourth-order valence-electron chi connectivity index (χ4n) is 9.02. The third-order valence-electron chi connectivity index (χ3n) is 14.0. The number of rotatable bonds is 53. The number of guanidine groups is 3. The van der Waals surface area contributed by atoms with Crippen LogP contribution in [0.4, 0.5) is 0 Å². The summed E-state index contributed by atoms with van der Waals surface area (Å²) in [5.41, 5.74) is 57.0. The van der Waals surface area contributed by atoms with E-state index in [1.165, 1.54) is 0 Å². The summed E-state index contributed by atoms with van der Waals surface area (Å²) in [6.07, 6.45) is 6.19. The Balaban J connectivity index is 7.19. The molecular formula is C54H110N24O10. The Kier molecular flexibility index (Phi) is 45.6. The summed E-state index contributed by atoms with van der Waals surface area (Å²) in [7, 11) is 0. The van der Waals surface area contributed by atoms with Gasteiger partial charge in [-0.1, -0.05) is 6.42 Å². The van der Waals surface area contributed by atoms with E-state index < -0.39 is 108 Å². The molecule has 0 aromatic heterocycles. The fraction of sp³-hybridized carbons (Fsp3) is 0.778. The van der Waals surface area contributed by atoms with Crippen LogP contribution in [0.15, 0.2) is 0 Å². The number of aliphatic carboxylic acids is 1.